The summed E-state index contributed by atoms with van der Waals surface area (Å²) in [5.74, 6) is 0.609. The normalized spacial score (nSPS) is 27.8. The van der Waals surface area contributed by atoms with Gasteiger partial charge in [0.05, 0.1) is 24.2 Å². The van der Waals surface area contributed by atoms with E-state index in [1.807, 2.05) is 18.7 Å². The molecule has 0 saturated carbocycles. The fourth-order valence-electron chi connectivity index (χ4n) is 2.30. The highest BCUT2D eigenvalue weighted by Crippen LogP contribution is 2.44. The molecule has 0 spiro atoms. The molecular formula is C13H24O3S. The molecule has 1 rings (SSSR count). The summed E-state index contributed by atoms with van der Waals surface area (Å²) in [6, 6.07) is 0. The lowest BCUT2D eigenvalue weighted by Gasteiger charge is -2.27. The molecule has 1 saturated heterocycles. The lowest BCUT2D eigenvalue weighted by molar-refractivity contribution is -0.144. The van der Waals surface area contributed by atoms with Gasteiger partial charge in [-0.15, -0.1) is 0 Å². The van der Waals surface area contributed by atoms with Gasteiger partial charge in [0, 0.05) is 11.0 Å². The van der Waals surface area contributed by atoms with Crippen molar-refractivity contribution in [3.05, 3.63) is 0 Å². The summed E-state index contributed by atoms with van der Waals surface area (Å²) in [5, 5.41) is 0.435. The number of carbonyl (C=O) groups is 1. The minimum Gasteiger partial charge on any atom is -0.469 e. The van der Waals surface area contributed by atoms with Crippen LogP contribution in [0.3, 0.4) is 0 Å². The first-order chi connectivity index (χ1) is 7.68. The molecule has 1 aliphatic rings. The molecule has 0 bridgehead atoms. The number of hydrogen-bond acceptors (Lipinski definition) is 4. The zero-order valence-electron chi connectivity index (χ0n) is 11.7. The minimum atomic E-state index is -0.131. The predicted octanol–water partition coefficient (Wildman–Crippen LogP) is 2.87. The molecule has 1 heterocycles. The van der Waals surface area contributed by atoms with Crippen LogP contribution in [0.2, 0.25) is 0 Å². The predicted molar refractivity (Wildman–Crippen MR) is 71.3 cm³/mol. The van der Waals surface area contributed by atoms with Crippen molar-refractivity contribution in [3.63, 3.8) is 0 Å². The Morgan fingerprint density at radius 2 is 2.06 bits per heavy atom. The van der Waals surface area contributed by atoms with Crippen LogP contribution in [0.15, 0.2) is 0 Å². The Bertz CT molecular complexity index is 286. The number of ether oxygens (including phenoxy) is 2. The Labute approximate surface area is 109 Å². The maximum Gasteiger partial charge on any atom is 0.309 e. The lowest BCUT2D eigenvalue weighted by atomic mass is 10.0. The molecule has 0 aromatic rings. The fourth-order valence-corrected chi connectivity index (χ4v) is 3.93. The summed E-state index contributed by atoms with van der Waals surface area (Å²) in [7, 11) is 1.44. The van der Waals surface area contributed by atoms with E-state index >= 15 is 0 Å². The highest BCUT2D eigenvalue weighted by atomic mass is 32.2. The highest BCUT2D eigenvalue weighted by molar-refractivity contribution is 8.00. The van der Waals surface area contributed by atoms with E-state index in [1.165, 1.54) is 7.11 Å². The monoisotopic (exact) mass is 260 g/mol. The maximum absolute atomic E-state index is 11.3. The van der Waals surface area contributed by atoms with Crippen LogP contribution < -0.4 is 0 Å². The van der Waals surface area contributed by atoms with Crippen molar-refractivity contribution in [2.75, 3.05) is 12.9 Å². The van der Waals surface area contributed by atoms with Crippen molar-refractivity contribution in [3.8, 4) is 0 Å². The molecule has 0 radical (unpaired) electrons. The molecule has 3 nitrogen and oxygen atoms in total. The van der Waals surface area contributed by atoms with Crippen molar-refractivity contribution in [2.24, 2.45) is 5.92 Å². The van der Waals surface area contributed by atoms with Crippen LogP contribution in [0.4, 0.5) is 0 Å². The van der Waals surface area contributed by atoms with Crippen LogP contribution in [-0.4, -0.2) is 35.3 Å². The smallest absolute Gasteiger partial charge is 0.309 e. The molecule has 1 fully saturated rings. The number of methoxy groups -OCH3 is 1. The van der Waals surface area contributed by atoms with Crippen LogP contribution in [0, 0.1) is 5.92 Å². The van der Waals surface area contributed by atoms with E-state index < -0.39 is 0 Å². The minimum absolute atomic E-state index is 0.0514. The van der Waals surface area contributed by atoms with Crippen molar-refractivity contribution in [1.82, 2.24) is 0 Å². The third-order valence-corrected chi connectivity index (χ3v) is 4.97. The molecule has 1 aliphatic heterocycles. The molecule has 4 heteroatoms. The second-order valence-corrected chi connectivity index (χ2v) is 7.15. The quantitative estimate of drug-likeness (QED) is 0.728. The average molecular weight is 260 g/mol. The van der Waals surface area contributed by atoms with Crippen LogP contribution in [0.25, 0.3) is 0 Å². The van der Waals surface area contributed by atoms with Crippen molar-refractivity contribution >= 4 is 17.7 Å². The Morgan fingerprint density at radius 3 is 2.47 bits per heavy atom. The van der Waals surface area contributed by atoms with Crippen LogP contribution in [0.1, 0.15) is 41.0 Å². The first-order valence-electron chi connectivity index (χ1n) is 6.07. The second-order valence-electron chi connectivity index (χ2n) is 5.92. The van der Waals surface area contributed by atoms with Gasteiger partial charge < -0.3 is 9.47 Å². The van der Waals surface area contributed by atoms with E-state index in [1.54, 1.807) is 0 Å². The SMILES string of the molecule is COC(=O)C(C)CSC1CC(C)(C)OC1(C)C. The molecule has 0 amide bonds. The van der Waals surface area contributed by atoms with Gasteiger partial charge in [0.2, 0.25) is 0 Å². The third-order valence-electron chi connectivity index (χ3n) is 3.14. The molecule has 17 heavy (non-hydrogen) atoms. The molecule has 100 valence electrons. The molecule has 0 aliphatic carbocycles. The second kappa shape index (κ2) is 5.19. The summed E-state index contributed by atoms with van der Waals surface area (Å²) in [6.07, 6.45) is 1.03. The summed E-state index contributed by atoms with van der Waals surface area (Å²) in [5.41, 5.74) is -0.181. The van der Waals surface area contributed by atoms with Gasteiger partial charge in [0.25, 0.3) is 0 Å². The lowest BCUT2D eigenvalue weighted by Crippen LogP contribution is -2.31. The van der Waals surface area contributed by atoms with Gasteiger partial charge in [-0.25, -0.2) is 0 Å². The summed E-state index contributed by atoms with van der Waals surface area (Å²) in [6.45, 7) is 10.4. The first-order valence-corrected chi connectivity index (χ1v) is 7.12. The van der Waals surface area contributed by atoms with E-state index in [-0.39, 0.29) is 23.1 Å². The number of carbonyl (C=O) groups excluding carboxylic acids is 1. The number of hydrogen-bond donors (Lipinski definition) is 0. The van der Waals surface area contributed by atoms with Gasteiger partial charge in [-0.3, -0.25) is 4.79 Å². The maximum atomic E-state index is 11.3. The molecule has 2 atom stereocenters. The molecule has 0 N–H and O–H groups in total. The molecular weight excluding hydrogens is 236 g/mol. The van der Waals surface area contributed by atoms with Crippen LogP contribution in [-0.2, 0) is 14.3 Å². The van der Waals surface area contributed by atoms with Gasteiger partial charge in [-0.05, 0) is 34.1 Å². The summed E-state index contributed by atoms with van der Waals surface area (Å²) < 4.78 is 10.8. The molecule has 0 aromatic carbocycles. The van der Waals surface area contributed by atoms with Crippen LogP contribution >= 0.6 is 11.8 Å². The van der Waals surface area contributed by atoms with Gasteiger partial charge in [0.15, 0.2) is 0 Å². The average Bonchev–Trinajstić information content (AvgIpc) is 2.41. The number of esters is 1. The van der Waals surface area contributed by atoms with E-state index in [0.29, 0.717) is 5.25 Å². The zero-order valence-corrected chi connectivity index (χ0v) is 12.5. The Kier molecular flexibility index (Phi) is 4.53. The van der Waals surface area contributed by atoms with Gasteiger partial charge in [-0.1, -0.05) is 6.92 Å². The van der Waals surface area contributed by atoms with Crippen LogP contribution in [0.5, 0.6) is 0 Å². The van der Waals surface area contributed by atoms with Crippen molar-refractivity contribution in [1.29, 1.82) is 0 Å². The first kappa shape index (κ1) is 14.8. The Balaban J connectivity index is 2.50. The van der Waals surface area contributed by atoms with Gasteiger partial charge in [0.1, 0.15) is 0 Å². The number of rotatable bonds is 4. The van der Waals surface area contributed by atoms with E-state index in [0.717, 1.165) is 12.2 Å². The van der Waals surface area contributed by atoms with Gasteiger partial charge >= 0.3 is 5.97 Å². The van der Waals surface area contributed by atoms with E-state index in [4.69, 9.17) is 9.47 Å². The Hall–Kier alpha value is -0.220. The zero-order chi connectivity index (χ0) is 13.3. The summed E-state index contributed by atoms with van der Waals surface area (Å²) >= 11 is 1.82. The molecule has 0 aromatic heterocycles. The number of thioether (sulfide) groups is 1. The summed E-state index contributed by atoms with van der Waals surface area (Å²) in [4.78, 5) is 11.3. The fraction of sp³-hybridized carbons (Fsp3) is 0.923. The Morgan fingerprint density at radius 1 is 1.47 bits per heavy atom. The molecule has 2 unspecified atom stereocenters. The third kappa shape index (κ3) is 3.88. The topological polar surface area (TPSA) is 35.5 Å². The highest BCUT2D eigenvalue weighted by Gasteiger charge is 2.46. The van der Waals surface area contributed by atoms with E-state index in [2.05, 4.69) is 27.7 Å². The van der Waals surface area contributed by atoms with Crippen molar-refractivity contribution in [2.45, 2.75) is 57.5 Å². The van der Waals surface area contributed by atoms with E-state index in [9.17, 15) is 4.79 Å². The van der Waals surface area contributed by atoms with Crippen molar-refractivity contribution < 1.29 is 14.3 Å². The van der Waals surface area contributed by atoms with Gasteiger partial charge in [-0.2, -0.15) is 11.8 Å². The standard InChI is InChI=1S/C13H24O3S/c1-9(11(14)15-6)8-17-10-7-12(2,3)16-13(10,4)5/h9-10H,7-8H2,1-6H3. The largest absolute Gasteiger partial charge is 0.469 e.